The Labute approximate surface area is 69.3 Å². The van der Waals surface area contributed by atoms with E-state index in [1.165, 1.54) is 37.8 Å². The molecule has 1 rings (SSSR count). The van der Waals surface area contributed by atoms with Crippen LogP contribution >= 0.6 is 12.4 Å². The van der Waals surface area contributed by atoms with Crippen LogP contribution < -0.4 is 0 Å². The number of hydrogen-bond acceptors (Lipinski definition) is 1. The Kier molecular flexibility index (Phi) is 5.70. The lowest BCUT2D eigenvalue weighted by Crippen LogP contribution is -2.04. The molecule has 1 aliphatic heterocycles. The molecule has 60 valence electrons. The SMILES string of the molecule is CCCC1=NCCCC1.Cl. The van der Waals surface area contributed by atoms with Crippen LogP contribution in [0.5, 0.6) is 0 Å². The topological polar surface area (TPSA) is 12.4 Å². The van der Waals surface area contributed by atoms with Gasteiger partial charge in [0, 0.05) is 12.3 Å². The molecule has 0 spiro atoms. The van der Waals surface area contributed by atoms with Gasteiger partial charge < -0.3 is 0 Å². The Hall–Kier alpha value is -0.0400. The van der Waals surface area contributed by atoms with Gasteiger partial charge in [-0.25, -0.2) is 0 Å². The first kappa shape index (κ1) is 9.96. The fourth-order valence-electron chi connectivity index (χ4n) is 1.25. The molecule has 0 unspecified atom stereocenters. The van der Waals surface area contributed by atoms with E-state index >= 15 is 0 Å². The van der Waals surface area contributed by atoms with E-state index in [9.17, 15) is 0 Å². The van der Waals surface area contributed by atoms with Crippen molar-refractivity contribution >= 4 is 18.1 Å². The molecule has 0 atom stereocenters. The molecular weight excluding hydrogens is 146 g/mol. The highest BCUT2D eigenvalue weighted by atomic mass is 35.5. The molecule has 0 radical (unpaired) electrons. The molecule has 0 aliphatic carbocycles. The van der Waals surface area contributed by atoms with Gasteiger partial charge in [-0.1, -0.05) is 13.3 Å². The van der Waals surface area contributed by atoms with Gasteiger partial charge in [-0.05, 0) is 25.7 Å². The second-order valence-electron chi connectivity index (χ2n) is 2.66. The van der Waals surface area contributed by atoms with Crippen LogP contribution in [0.2, 0.25) is 0 Å². The molecule has 0 aromatic heterocycles. The second kappa shape index (κ2) is 5.72. The van der Waals surface area contributed by atoms with Crippen LogP contribution in [0.15, 0.2) is 4.99 Å². The van der Waals surface area contributed by atoms with Gasteiger partial charge in [0.1, 0.15) is 0 Å². The van der Waals surface area contributed by atoms with Crippen LogP contribution in [0, 0.1) is 0 Å². The smallest absolute Gasteiger partial charge is 0.0388 e. The van der Waals surface area contributed by atoms with Gasteiger partial charge in [0.15, 0.2) is 0 Å². The Morgan fingerprint density at radius 1 is 1.40 bits per heavy atom. The van der Waals surface area contributed by atoms with E-state index in [0.29, 0.717) is 0 Å². The average Bonchev–Trinajstić information content (AvgIpc) is 1.91. The predicted octanol–water partition coefficient (Wildman–Crippen LogP) is 2.83. The van der Waals surface area contributed by atoms with E-state index in [2.05, 4.69) is 11.9 Å². The second-order valence-corrected chi connectivity index (χ2v) is 2.66. The van der Waals surface area contributed by atoms with E-state index in [4.69, 9.17) is 0 Å². The van der Waals surface area contributed by atoms with Crippen LogP contribution in [0.3, 0.4) is 0 Å². The first-order valence-electron chi connectivity index (χ1n) is 3.95. The third-order valence-electron chi connectivity index (χ3n) is 1.75. The van der Waals surface area contributed by atoms with Gasteiger partial charge in [0.2, 0.25) is 0 Å². The molecule has 2 heteroatoms. The highest BCUT2D eigenvalue weighted by Crippen LogP contribution is 2.09. The van der Waals surface area contributed by atoms with Crippen molar-refractivity contribution in [2.24, 2.45) is 4.99 Å². The number of rotatable bonds is 2. The standard InChI is InChI=1S/C8H15N.ClH/c1-2-5-8-6-3-4-7-9-8;/h2-7H2,1H3;1H. The number of aliphatic imine (C=N–C) groups is 1. The third-order valence-corrected chi connectivity index (χ3v) is 1.75. The molecule has 0 aromatic rings. The van der Waals surface area contributed by atoms with Crippen molar-refractivity contribution in [2.75, 3.05) is 6.54 Å². The maximum Gasteiger partial charge on any atom is 0.0388 e. The summed E-state index contributed by atoms with van der Waals surface area (Å²) < 4.78 is 0. The fourth-order valence-corrected chi connectivity index (χ4v) is 1.25. The molecule has 0 fully saturated rings. The summed E-state index contributed by atoms with van der Waals surface area (Å²) in [6.07, 6.45) is 6.46. The highest BCUT2D eigenvalue weighted by molar-refractivity contribution is 5.85. The molecule has 10 heavy (non-hydrogen) atoms. The van der Waals surface area contributed by atoms with E-state index in [1.807, 2.05) is 0 Å². The van der Waals surface area contributed by atoms with Crippen molar-refractivity contribution in [2.45, 2.75) is 39.0 Å². The maximum absolute atomic E-state index is 4.44. The van der Waals surface area contributed by atoms with Crippen molar-refractivity contribution in [1.82, 2.24) is 0 Å². The quantitative estimate of drug-likeness (QED) is 0.591. The highest BCUT2D eigenvalue weighted by Gasteiger charge is 2.02. The molecule has 0 bridgehead atoms. The molecular formula is C8H16ClN. The molecule has 1 aliphatic rings. The summed E-state index contributed by atoms with van der Waals surface area (Å²) in [5.74, 6) is 0. The monoisotopic (exact) mass is 161 g/mol. The minimum absolute atomic E-state index is 0. The van der Waals surface area contributed by atoms with Gasteiger partial charge in [-0.15, -0.1) is 12.4 Å². The van der Waals surface area contributed by atoms with Crippen molar-refractivity contribution in [3.8, 4) is 0 Å². The van der Waals surface area contributed by atoms with Crippen LogP contribution in [-0.4, -0.2) is 12.3 Å². The van der Waals surface area contributed by atoms with E-state index in [0.717, 1.165) is 6.54 Å². The summed E-state index contributed by atoms with van der Waals surface area (Å²) in [5.41, 5.74) is 1.46. The molecule has 1 nitrogen and oxygen atoms in total. The molecule has 0 aromatic carbocycles. The van der Waals surface area contributed by atoms with Crippen molar-refractivity contribution in [1.29, 1.82) is 0 Å². The summed E-state index contributed by atoms with van der Waals surface area (Å²) in [7, 11) is 0. The predicted molar refractivity (Wildman–Crippen MR) is 48.3 cm³/mol. The van der Waals surface area contributed by atoms with E-state index in [1.54, 1.807) is 0 Å². The lowest BCUT2D eigenvalue weighted by atomic mass is 10.1. The van der Waals surface area contributed by atoms with Crippen LogP contribution in [0.25, 0.3) is 0 Å². The molecule has 0 amide bonds. The largest absolute Gasteiger partial charge is 0.294 e. The summed E-state index contributed by atoms with van der Waals surface area (Å²) in [4.78, 5) is 4.44. The Morgan fingerprint density at radius 3 is 2.70 bits per heavy atom. The van der Waals surface area contributed by atoms with Crippen LogP contribution in [0.1, 0.15) is 39.0 Å². The number of nitrogens with zero attached hydrogens (tertiary/aromatic N) is 1. The van der Waals surface area contributed by atoms with E-state index in [-0.39, 0.29) is 12.4 Å². The Bertz CT molecular complexity index is 110. The normalized spacial score (nSPS) is 17.5. The molecule has 0 saturated carbocycles. The first-order chi connectivity index (χ1) is 4.43. The van der Waals surface area contributed by atoms with Gasteiger partial charge in [0.25, 0.3) is 0 Å². The lowest BCUT2D eigenvalue weighted by molar-refractivity contribution is 0.721. The summed E-state index contributed by atoms with van der Waals surface area (Å²) >= 11 is 0. The number of halogens is 1. The van der Waals surface area contributed by atoms with Gasteiger partial charge in [-0.2, -0.15) is 0 Å². The Balaban J connectivity index is 0.000000810. The lowest BCUT2D eigenvalue weighted by Gasteiger charge is -2.09. The molecule has 0 saturated heterocycles. The minimum Gasteiger partial charge on any atom is -0.294 e. The van der Waals surface area contributed by atoms with Crippen molar-refractivity contribution in [3.63, 3.8) is 0 Å². The van der Waals surface area contributed by atoms with Crippen LogP contribution in [-0.2, 0) is 0 Å². The first-order valence-corrected chi connectivity index (χ1v) is 3.95. The van der Waals surface area contributed by atoms with E-state index < -0.39 is 0 Å². The zero-order valence-corrected chi connectivity index (χ0v) is 7.41. The molecule has 1 heterocycles. The van der Waals surface area contributed by atoms with Gasteiger partial charge in [-0.3, -0.25) is 4.99 Å². The summed E-state index contributed by atoms with van der Waals surface area (Å²) in [5, 5.41) is 0. The third kappa shape index (κ3) is 3.21. The Morgan fingerprint density at radius 2 is 2.20 bits per heavy atom. The van der Waals surface area contributed by atoms with Crippen LogP contribution in [0.4, 0.5) is 0 Å². The zero-order valence-electron chi connectivity index (χ0n) is 6.60. The number of hydrogen-bond donors (Lipinski definition) is 0. The maximum atomic E-state index is 4.44. The van der Waals surface area contributed by atoms with Gasteiger partial charge >= 0.3 is 0 Å². The molecule has 0 N–H and O–H groups in total. The summed E-state index contributed by atoms with van der Waals surface area (Å²) in [6, 6.07) is 0. The minimum atomic E-state index is 0. The van der Waals surface area contributed by atoms with Crippen molar-refractivity contribution < 1.29 is 0 Å². The average molecular weight is 162 g/mol. The zero-order chi connectivity index (χ0) is 6.53. The summed E-state index contributed by atoms with van der Waals surface area (Å²) in [6.45, 7) is 3.31. The van der Waals surface area contributed by atoms with Crippen molar-refractivity contribution in [3.05, 3.63) is 0 Å². The van der Waals surface area contributed by atoms with Gasteiger partial charge in [0.05, 0.1) is 0 Å². The fraction of sp³-hybridized carbons (Fsp3) is 0.875.